The van der Waals surface area contributed by atoms with E-state index in [0.29, 0.717) is 16.9 Å². The highest BCUT2D eigenvalue weighted by atomic mass is 35.5. The summed E-state index contributed by atoms with van der Waals surface area (Å²) in [6.07, 6.45) is -3.95. The summed E-state index contributed by atoms with van der Waals surface area (Å²) in [5.41, 5.74) is -2.77. The molecule has 0 spiro atoms. The van der Waals surface area contributed by atoms with Gasteiger partial charge in [0.2, 0.25) is 0 Å². The van der Waals surface area contributed by atoms with Gasteiger partial charge >= 0.3 is 12.1 Å². The number of alkyl halides is 3. The van der Waals surface area contributed by atoms with Crippen LogP contribution in [0.2, 0.25) is 10.2 Å². The van der Waals surface area contributed by atoms with Crippen LogP contribution in [-0.2, 0) is 16.9 Å². The fourth-order valence-electron chi connectivity index (χ4n) is 3.74. The van der Waals surface area contributed by atoms with E-state index in [1.807, 2.05) is 0 Å². The Morgan fingerprint density at radius 2 is 1.81 bits per heavy atom. The molecule has 0 radical (unpaired) electrons. The highest BCUT2D eigenvalue weighted by Crippen LogP contribution is 2.50. The first-order valence-corrected chi connectivity index (χ1v) is 11.3. The van der Waals surface area contributed by atoms with Gasteiger partial charge in [0.15, 0.2) is 5.60 Å². The van der Waals surface area contributed by atoms with Crippen molar-refractivity contribution in [1.82, 2.24) is 4.98 Å². The van der Waals surface area contributed by atoms with Gasteiger partial charge < -0.3 is 19.3 Å². The smallest absolute Gasteiger partial charge is 0.422 e. The van der Waals surface area contributed by atoms with Crippen LogP contribution in [0.3, 0.4) is 0 Å². The van der Waals surface area contributed by atoms with Gasteiger partial charge in [-0.15, -0.1) is 0 Å². The van der Waals surface area contributed by atoms with E-state index in [1.54, 1.807) is 12.1 Å². The number of benzene rings is 2. The molecule has 3 aromatic rings. The number of ether oxygens (including phenoxy) is 3. The normalized spacial score (nSPS) is 14.0. The van der Waals surface area contributed by atoms with E-state index < -0.39 is 29.2 Å². The van der Waals surface area contributed by atoms with Crippen molar-refractivity contribution in [3.05, 3.63) is 87.2 Å². The molecule has 0 fully saturated rings. The SMILES string of the molecule is COC(=O)c1ccc(COc2ccc(C(C)C(O)(c3ccnc(Cl)c3)C(F)(F)F)c(Cl)c2)c(OC)c1. The van der Waals surface area contributed by atoms with Crippen LogP contribution < -0.4 is 9.47 Å². The summed E-state index contributed by atoms with van der Waals surface area (Å²) in [4.78, 5) is 15.4. The Labute approximate surface area is 215 Å². The van der Waals surface area contributed by atoms with E-state index in [0.717, 1.165) is 18.3 Å². The lowest BCUT2D eigenvalue weighted by molar-refractivity contribution is -0.274. The molecular formula is C25H22Cl2F3NO5. The average molecular weight is 544 g/mol. The highest BCUT2D eigenvalue weighted by molar-refractivity contribution is 6.31. The number of esters is 1. The van der Waals surface area contributed by atoms with Gasteiger partial charge in [-0.25, -0.2) is 9.78 Å². The maximum Gasteiger partial charge on any atom is 0.422 e. The monoisotopic (exact) mass is 543 g/mol. The molecule has 0 aliphatic carbocycles. The Balaban J connectivity index is 1.86. The number of carbonyl (C=O) groups is 1. The van der Waals surface area contributed by atoms with Gasteiger partial charge in [-0.05, 0) is 47.5 Å². The van der Waals surface area contributed by atoms with Gasteiger partial charge in [0.25, 0.3) is 0 Å². The molecule has 1 heterocycles. The Bertz CT molecular complexity index is 1250. The number of nitrogens with zero attached hydrogens (tertiary/aromatic N) is 1. The third-order valence-electron chi connectivity index (χ3n) is 5.77. The zero-order valence-electron chi connectivity index (χ0n) is 19.4. The molecule has 0 saturated heterocycles. The Kier molecular flexibility index (Phi) is 8.38. The number of aromatic nitrogens is 1. The maximum absolute atomic E-state index is 14.1. The van der Waals surface area contributed by atoms with Gasteiger partial charge in [0, 0.05) is 22.7 Å². The third-order valence-corrected chi connectivity index (χ3v) is 6.30. The molecule has 0 bridgehead atoms. The number of carbonyl (C=O) groups excluding carboxylic acids is 1. The minimum absolute atomic E-state index is 0.0257. The van der Waals surface area contributed by atoms with Gasteiger partial charge in [0.1, 0.15) is 23.3 Å². The van der Waals surface area contributed by atoms with E-state index >= 15 is 0 Å². The van der Waals surface area contributed by atoms with Crippen LogP contribution in [0.4, 0.5) is 13.2 Å². The summed E-state index contributed by atoms with van der Waals surface area (Å²) < 4.78 is 58.1. The largest absolute Gasteiger partial charge is 0.496 e. The van der Waals surface area contributed by atoms with Crippen molar-refractivity contribution in [2.24, 2.45) is 0 Å². The molecule has 2 aromatic carbocycles. The number of methoxy groups -OCH3 is 2. The Morgan fingerprint density at radius 1 is 1.08 bits per heavy atom. The first-order chi connectivity index (χ1) is 16.9. The van der Waals surface area contributed by atoms with Crippen LogP contribution in [-0.4, -0.2) is 36.5 Å². The summed E-state index contributed by atoms with van der Waals surface area (Å²) in [5, 5.41) is 10.7. The van der Waals surface area contributed by atoms with Crippen molar-refractivity contribution < 1.29 is 37.3 Å². The standard InChI is InChI=1S/C25H22Cl2F3NO5/c1-14(24(33,25(28,29)30)17-8-9-31-22(27)11-17)19-7-6-18(12-20(19)26)36-13-16-5-4-15(23(32)35-3)10-21(16)34-2/h4-12,14,33H,13H2,1-3H3. The number of aliphatic hydroxyl groups is 1. The maximum atomic E-state index is 14.1. The summed E-state index contributed by atoms with van der Waals surface area (Å²) >= 11 is 12.1. The van der Waals surface area contributed by atoms with Crippen molar-refractivity contribution in [2.75, 3.05) is 14.2 Å². The second-order valence-electron chi connectivity index (χ2n) is 7.84. The molecule has 0 aliphatic rings. The lowest BCUT2D eigenvalue weighted by Gasteiger charge is -2.37. The van der Waals surface area contributed by atoms with Crippen LogP contribution in [0.15, 0.2) is 54.7 Å². The second-order valence-corrected chi connectivity index (χ2v) is 8.64. The zero-order chi connectivity index (χ0) is 26.7. The molecule has 1 aromatic heterocycles. The van der Waals surface area contributed by atoms with E-state index in [4.69, 9.17) is 32.7 Å². The van der Waals surface area contributed by atoms with Crippen LogP contribution in [0.25, 0.3) is 0 Å². The average Bonchev–Trinajstić information content (AvgIpc) is 2.85. The first-order valence-electron chi connectivity index (χ1n) is 10.5. The van der Waals surface area contributed by atoms with Gasteiger partial charge in [-0.2, -0.15) is 13.2 Å². The third kappa shape index (κ3) is 5.53. The number of hydrogen-bond acceptors (Lipinski definition) is 6. The molecular weight excluding hydrogens is 522 g/mol. The quantitative estimate of drug-likeness (QED) is 0.264. The van der Waals surface area contributed by atoms with Gasteiger partial charge in [-0.1, -0.05) is 42.3 Å². The molecule has 0 amide bonds. The Morgan fingerprint density at radius 3 is 2.39 bits per heavy atom. The molecule has 6 nitrogen and oxygen atoms in total. The number of hydrogen-bond donors (Lipinski definition) is 1. The molecule has 36 heavy (non-hydrogen) atoms. The summed E-state index contributed by atoms with van der Waals surface area (Å²) in [7, 11) is 2.70. The minimum Gasteiger partial charge on any atom is -0.496 e. The van der Waals surface area contributed by atoms with Crippen molar-refractivity contribution in [3.8, 4) is 11.5 Å². The predicted octanol–water partition coefficient (Wildman–Crippen LogP) is 6.32. The van der Waals surface area contributed by atoms with Crippen molar-refractivity contribution in [2.45, 2.75) is 31.2 Å². The van der Waals surface area contributed by atoms with Crippen LogP contribution in [0.1, 0.15) is 39.9 Å². The fourth-order valence-corrected chi connectivity index (χ4v) is 4.25. The highest BCUT2D eigenvalue weighted by Gasteiger charge is 2.59. The molecule has 2 atom stereocenters. The number of halogens is 5. The topological polar surface area (TPSA) is 77.9 Å². The van der Waals surface area contributed by atoms with E-state index in [1.165, 1.54) is 45.4 Å². The number of rotatable bonds is 8. The summed E-state index contributed by atoms with van der Waals surface area (Å²) in [5.74, 6) is -1.35. The molecule has 0 aliphatic heterocycles. The molecule has 3 rings (SSSR count). The van der Waals surface area contributed by atoms with Gasteiger partial charge in [0.05, 0.1) is 19.8 Å². The summed E-state index contributed by atoms with van der Waals surface area (Å²) in [6.45, 7) is 1.25. The van der Waals surface area contributed by atoms with Crippen LogP contribution in [0.5, 0.6) is 11.5 Å². The molecule has 11 heteroatoms. The number of pyridine rings is 1. The lowest BCUT2D eigenvalue weighted by atomic mass is 9.78. The molecule has 0 saturated carbocycles. The zero-order valence-corrected chi connectivity index (χ0v) is 20.9. The molecule has 192 valence electrons. The van der Waals surface area contributed by atoms with Gasteiger partial charge in [-0.3, -0.25) is 0 Å². The van der Waals surface area contributed by atoms with Crippen molar-refractivity contribution in [3.63, 3.8) is 0 Å². The Hall–Kier alpha value is -3.01. The minimum atomic E-state index is -5.04. The molecule has 1 N–H and O–H groups in total. The molecule has 2 unspecified atom stereocenters. The van der Waals surface area contributed by atoms with E-state index in [2.05, 4.69) is 9.72 Å². The summed E-state index contributed by atoms with van der Waals surface area (Å²) in [6, 6.07) is 10.9. The van der Waals surface area contributed by atoms with E-state index in [9.17, 15) is 23.1 Å². The predicted molar refractivity (Wildman–Crippen MR) is 128 cm³/mol. The fraction of sp³-hybridized carbons (Fsp3) is 0.280. The van der Waals surface area contributed by atoms with Crippen molar-refractivity contribution in [1.29, 1.82) is 0 Å². The van der Waals surface area contributed by atoms with E-state index in [-0.39, 0.29) is 28.1 Å². The second kappa shape index (κ2) is 10.9. The van der Waals surface area contributed by atoms with Crippen molar-refractivity contribution >= 4 is 29.2 Å². The lowest BCUT2D eigenvalue weighted by Crippen LogP contribution is -2.46. The van der Waals surface area contributed by atoms with Crippen LogP contribution >= 0.6 is 23.2 Å². The van der Waals surface area contributed by atoms with Crippen LogP contribution in [0, 0.1) is 0 Å². The first kappa shape index (κ1) is 27.6.